The zero-order valence-corrected chi connectivity index (χ0v) is 12.6. The first-order valence-electron chi connectivity index (χ1n) is 7.76. The molecule has 0 spiro atoms. The van der Waals surface area contributed by atoms with E-state index in [0.717, 1.165) is 25.9 Å². The van der Waals surface area contributed by atoms with Crippen LogP contribution in [0.3, 0.4) is 0 Å². The standard InChI is InChI=1S/C15H28N2O2/c1-4-16-15(12-9-10-12,14(18)19-5-2)11-17(3)13-7-6-8-13/h12-13,16H,4-11H2,1-3H3. The lowest BCUT2D eigenvalue weighted by Crippen LogP contribution is -2.62. The van der Waals surface area contributed by atoms with Crippen molar-refractivity contribution < 1.29 is 9.53 Å². The molecule has 2 fully saturated rings. The average molecular weight is 268 g/mol. The van der Waals surface area contributed by atoms with Gasteiger partial charge in [0.05, 0.1) is 6.61 Å². The van der Waals surface area contributed by atoms with Crippen LogP contribution in [-0.2, 0) is 9.53 Å². The highest BCUT2D eigenvalue weighted by Gasteiger charge is 2.52. The molecule has 2 aliphatic carbocycles. The number of hydrogen-bond donors (Lipinski definition) is 1. The largest absolute Gasteiger partial charge is 0.465 e. The molecule has 110 valence electrons. The fraction of sp³-hybridized carbons (Fsp3) is 0.933. The zero-order valence-electron chi connectivity index (χ0n) is 12.6. The van der Waals surface area contributed by atoms with Crippen molar-refractivity contribution in [1.29, 1.82) is 0 Å². The second kappa shape index (κ2) is 6.23. The maximum Gasteiger partial charge on any atom is 0.327 e. The normalized spacial score (nSPS) is 22.9. The molecule has 0 heterocycles. The summed E-state index contributed by atoms with van der Waals surface area (Å²) in [6.07, 6.45) is 6.15. The summed E-state index contributed by atoms with van der Waals surface area (Å²) in [4.78, 5) is 14.9. The molecule has 0 radical (unpaired) electrons. The van der Waals surface area contributed by atoms with Crippen molar-refractivity contribution in [2.24, 2.45) is 5.92 Å². The van der Waals surface area contributed by atoms with E-state index in [4.69, 9.17) is 4.74 Å². The number of ether oxygens (including phenoxy) is 1. The summed E-state index contributed by atoms with van der Waals surface area (Å²) < 4.78 is 5.37. The maximum absolute atomic E-state index is 12.5. The molecule has 4 nitrogen and oxygen atoms in total. The number of carbonyl (C=O) groups excluding carboxylic acids is 1. The summed E-state index contributed by atoms with van der Waals surface area (Å²) in [5.74, 6) is 0.402. The molecule has 2 saturated carbocycles. The van der Waals surface area contributed by atoms with Gasteiger partial charge in [0.15, 0.2) is 0 Å². The number of nitrogens with one attached hydrogen (secondary N) is 1. The van der Waals surface area contributed by atoms with Crippen LogP contribution in [0, 0.1) is 5.92 Å². The second-order valence-electron chi connectivity index (χ2n) is 6.00. The van der Waals surface area contributed by atoms with E-state index >= 15 is 0 Å². The summed E-state index contributed by atoms with van der Waals surface area (Å²) >= 11 is 0. The Morgan fingerprint density at radius 3 is 2.42 bits per heavy atom. The van der Waals surface area contributed by atoms with Gasteiger partial charge in [-0.3, -0.25) is 0 Å². The molecule has 1 N–H and O–H groups in total. The third kappa shape index (κ3) is 3.11. The van der Waals surface area contributed by atoms with Crippen LogP contribution in [0.25, 0.3) is 0 Å². The van der Waals surface area contributed by atoms with Crippen LogP contribution in [0.1, 0.15) is 46.0 Å². The highest BCUT2D eigenvalue weighted by Crippen LogP contribution is 2.41. The summed E-state index contributed by atoms with van der Waals surface area (Å²) in [6.45, 7) is 6.02. The van der Waals surface area contributed by atoms with Gasteiger partial charge in [-0.05, 0) is 52.1 Å². The van der Waals surface area contributed by atoms with Gasteiger partial charge >= 0.3 is 5.97 Å². The average Bonchev–Trinajstić information content (AvgIpc) is 3.10. The first-order valence-corrected chi connectivity index (χ1v) is 7.76. The van der Waals surface area contributed by atoms with E-state index in [-0.39, 0.29) is 5.97 Å². The Morgan fingerprint density at radius 1 is 1.32 bits per heavy atom. The van der Waals surface area contributed by atoms with Crippen LogP contribution in [0.15, 0.2) is 0 Å². The Bertz CT molecular complexity index is 313. The Morgan fingerprint density at radius 2 is 2.00 bits per heavy atom. The van der Waals surface area contributed by atoms with E-state index in [9.17, 15) is 4.79 Å². The van der Waals surface area contributed by atoms with Gasteiger partial charge in [0.1, 0.15) is 5.54 Å². The topological polar surface area (TPSA) is 41.6 Å². The molecule has 1 unspecified atom stereocenters. The van der Waals surface area contributed by atoms with Gasteiger partial charge in [-0.1, -0.05) is 13.3 Å². The highest BCUT2D eigenvalue weighted by molar-refractivity contribution is 5.82. The third-order valence-corrected chi connectivity index (χ3v) is 4.60. The molecule has 4 heteroatoms. The van der Waals surface area contributed by atoms with Crippen molar-refractivity contribution in [2.45, 2.75) is 57.5 Å². The lowest BCUT2D eigenvalue weighted by molar-refractivity contribution is -0.153. The number of hydrogen-bond acceptors (Lipinski definition) is 4. The quantitative estimate of drug-likeness (QED) is 0.682. The summed E-state index contributed by atoms with van der Waals surface area (Å²) in [5.41, 5.74) is -0.477. The van der Waals surface area contributed by atoms with Crippen LogP contribution in [0.4, 0.5) is 0 Å². The molecule has 0 aromatic heterocycles. The van der Waals surface area contributed by atoms with Crippen molar-refractivity contribution in [3.05, 3.63) is 0 Å². The Kier molecular flexibility index (Phi) is 4.85. The summed E-state index contributed by atoms with van der Waals surface area (Å²) in [5, 5.41) is 3.46. The monoisotopic (exact) mass is 268 g/mol. The van der Waals surface area contributed by atoms with Crippen molar-refractivity contribution in [2.75, 3.05) is 26.7 Å². The Hall–Kier alpha value is -0.610. The number of nitrogens with zero attached hydrogens (tertiary/aromatic N) is 1. The molecule has 0 aliphatic heterocycles. The van der Waals surface area contributed by atoms with Crippen molar-refractivity contribution in [1.82, 2.24) is 10.2 Å². The van der Waals surface area contributed by atoms with Crippen LogP contribution in [0.5, 0.6) is 0 Å². The van der Waals surface area contributed by atoms with E-state index in [1.54, 1.807) is 0 Å². The van der Waals surface area contributed by atoms with Crippen LogP contribution in [0.2, 0.25) is 0 Å². The van der Waals surface area contributed by atoms with Gasteiger partial charge in [0, 0.05) is 12.6 Å². The van der Waals surface area contributed by atoms with Crippen molar-refractivity contribution in [3.63, 3.8) is 0 Å². The minimum atomic E-state index is -0.477. The minimum absolute atomic E-state index is 0.0504. The van der Waals surface area contributed by atoms with Gasteiger partial charge in [-0.2, -0.15) is 0 Å². The van der Waals surface area contributed by atoms with Crippen molar-refractivity contribution >= 4 is 5.97 Å². The zero-order chi connectivity index (χ0) is 13.9. The Balaban J connectivity index is 2.08. The first kappa shape index (κ1) is 14.8. The molecule has 0 saturated heterocycles. The summed E-state index contributed by atoms with van der Waals surface area (Å²) in [7, 11) is 2.15. The molecule has 2 aliphatic rings. The van der Waals surface area contributed by atoms with Gasteiger partial charge in [-0.25, -0.2) is 4.79 Å². The van der Waals surface area contributed by atoms with Gasteiger partial charge in [-0.15, -0.1) is 0 Å². The van der Waals surface area contributed by atoms with Crippen molar-refractivity contribution in [3.8, 4) is 0 Å². The molecule has 19 heavy (non-hydrogen) atoms. The number of esters is 1. The molecule has 0 aromatic rings. The van der Waals surface area contributed by atoms with E-state index in [0.29, 0.717) is 18.6 Å². The number of carbonyl (C=O) groups is 1. The van der Waals surface area contributed by atoms with Crippen LogP contribution < -0.4 is 5.32 Å². The van der Waals surface area contributed by atoms with Crippen LogP contribution in [-0.4, -0.2) is 49.2 Å². The van der Waals surface area contributed by atoms with Gasteiger partial charge in [0.25, 0.3) is 0 Å². The smallest absolute Gasteiger partial charge is 0.327 e. The minimum Gasteiger partial charge on any atom is -0.465 e. The molecule has 0 aromatic carbocycles. The highest BCUT2D eigenvalue weighted by atomic mass is 16.5. The number of likely N-dealkylation sites (N-methyl/N-ethyl adjacent to an activating group) is 2. The molecular weight excluding hydrogens is 240 g/mol. The summed E-state index contributed by atoms with van der Waals surface area (Å²) in [6, 6.07) is 0.659. The number of rotatable bonds is 8. The Labute approximate surface area is 116 Å². The molecule has 1 atom stereocenters. The van der Waals surface area contributed by atoms with Gasteiger partial charge < -0.3 is 15.0 Å². The fourth-order valence-electron chi connectivity index (χ4n) is 3.13. The van der Waals surface area contributed by atoms with E-state index in [1.807, 2.05) is 6.92 Å². The second-order valence-corrected chi connectivity index (χ2v) is 6.00. The van der Waals surface area contributed by atoms with E-state index in [2.05, 4.69) is 24.2 Å². The molecule has 2 rings (SSSR count). The maximum atomic E-state index is 12.5. The SMILES string of the molecule is CCNC(CN(C)C1CCC1)(C(=O)OCC)C1CC1. The third-order valence-electron chi connectivity index (χ3n) is 4.60. The van der Waals surface area contributed by atoms with E-state index < -0.39 is 5.54 Å². The lowest BCUT2D eigenvalue weighted by atomic mass is 9.87. The molecule has 0 bridgehead atoms. The first-order chi connectivity index (χ1) is 9.14. The van der Waals surface area contributed by atoms with Gasteiger partial charge in [0.2, 0.25) is 0 Å². The molecule has 0 amide bonds. The predicted octanol–water partition coefficient (Wildman–Crippen LogP) is 1.79. The fourth-order valence-corrected chi connectivity index (χ4v) is 3.13. The lowest BCUT2D eigenvalue weighted by Gasteiger charge is -2.41. The molecular formula is C15H28N2O2. The predicted molar refractivity (Wildman–Crippen MR) is 76.0 cm³/mol. The van der Waals surface area contributed by atoms with E-state index in [1.165, 1.54) is 19.3 Å². The van der Waals surface area contributed by atoms with Crippen LogP contribution >= 0.6 is 0 Å².